The topological polar surface area (TPSA) is 40.5 Å². The molecule has 17 heavy (non-hydrogen) atoms. The molecule has 1 saturated heterocycles. The Morgan fingerprint density at radius 3 is 2.47 bits per heavy atom. The zero-order valence-corrected chi connectivity index (χ0v) is 10.0. The van der Waals surface area contributed by atoms with Gasteiger partial charge in [0.25, 0.3) is 0 Å². The molecule has 2 rings (SSSR count). The first-order valence-corrected chi connectivity index (χ1v) is 6.22. The van der Waals surface area contributed by atoms with E-state index in [0.29, 0.717) is 12.3 Å². The maximum atomic E-state index is 12.0. The van der Waals surface area contributed by atoms with E-state index in [-0.39, 0.29) is 12.5 Å². The highest BCUT2D eigenvalue weighted by molar-refractivity contribution is 5.78. The van der Waals surface area contributed by atoms with E-state index in [2.05, 4.69) is 0 Å². The highest BCUT2D eigenvalue weighted by Crippen LogP contribution is 2.17. The first-order chi connectivity index (χ1) is 8.29. The smallest absolute Gasteiger partial charge is 0.226 e. The summed E-state index contributed by atoms with van der Waals surface area (Å²) in [7, 11) is 0. The Hall–Kier alpha value is -1.35. The average molecular weight is 233 g/mol. The lowest BCUT2D eigenvalue weighted by molar-refractivity contribution is -0.132. The fourth-order valence-electron chi connectivity index (χ4n) is 2.25. The molecule has 1 heterocycles. The second-order valence-electron chi connectivity index (χ2n) is 4.67. The van der Waals surface area contributed by atoms with Gasteiger partial charge in [0.1, 0.15) is 0 Å². The summed E-state index contributed by atoms with van der Waals surface area (Å²) < 4.78 is 0. The van der Waals surface area contributed by atoms with E-state index < -0.39 is 0 Å². The Balaban J connectivity index is 1.85. The molecule has 0 bridgehead atoms. The third kappa shape index (κ3) is 3.30. The van der Waals surface area contributed by atoms with Crippen molar-refractivity contribution >= 4 is 5.91 Å². The number of nitrogens with zero attached hydrogens (tertiary/aromatic N) is 1. The number of piperidine rings is 1. The Labute approximate surface area is 102 Å². The highest BCUT2D eigenvalue weighted by atomic mass is 16.3. The van der Waals surface area contributed by atoms with Crippen molar-refractivity contribution in [2.24, 2.45) is 5.92 Å². The molecule has 1 aliphatic heterocycles. The van der Waals surface area contributed by atoms with Gasteiger partial charge in [0.05, 0.1) is 6.42 Å². The van der Waals surface area contributed by atoms with Gasteiger partial charge in [-0.25, -0.2) is 0 Å². The fourth-order valence-corrected chi connectivity index (χ4v) is 2.25. The summed E-state index contributed by atoms with van der Waals surface area (Å²) in [4.78, 5) is 13.9. The van der Waals surface area contributed by atoms with Crippen LogP contribution in [0.2, 0.25) is 0 Å². The van der Waals surface area contributed by atoms with E-state index in [0.717, 1.165) is 31.5 Å². The predicted molar refractivity (Wildman–Crippen MR) is 66.5 cm³/mol. The molecule has 0 radical (unpaired) electrons. The summed E-state index contributed by atoms with van der Waals surface area (Å²) in [6, 6.07) is 9.85. The number of aliphatic hydroxyl groups excluding tert-OH is 1. The van der Waals surface area contributed by atoms with Gasteiger partial charge in [-0.3, -0.25) is 4.79 Å². The third-order valence-corrected chi connectivity index (χ3v) is 3.42. The second kappa shape index (κ2) is 5.82. The lowest BCUT2D eigenvalue weighted by Crippen LogP contribution is -2.40. The lowest BCUT2D eigenvalue weighted by atomic mass is 9.97. The van der Waals surface area contributed by atoms with Crippen LogP contribution < -0.4 is 0 Å². The number of likely N-dealkylation sites (tertiary alicyclic amines) is 1. The summed E-state index contributed by atoms with van der Waals surface area (Å²) in [6.45, 7) is 1.83. The minimum Gasteiger partial charge on any atom is -0.396 e. The van der Waals surface area contributed by atoms with Crippen LogP contribution in [0.4, 0.5) is 0 Å². The van der Waals surface area contributed by atoms with Gasteiger partial charge in [-0.2, -0.15) is 0 Å². The van der Waals surface area contributed by atoms with Crippen molar-refractivity contribution in [1.29, 1.82) is 0 Å². The average Bonchev–Trinajstić information content (AvgIpc) is 2.40. The minimum absolute atomic E-state index is 0.201. The monoisotopic (exact) mass is 233 g/mol. The Bertz CT molecular complexity index is 356. The van der Waals surface area contributed by atoms with Gasteiger partial charge in [0.2, 0.25) is 5.91 Å². The van der Waals surface area contributed by atoms with Crippen LogP contribution in [0.5, 0.6) is 0 Å². The van der Waals surface area contributed by atoms with Crippen molar-refractivity contribution in [3.8, 4) is 0 Å². The number of hydrogen-bond acceptors (Lipinski definition) is 2. The number of benzene rings is 1. The second-order valence-corrected chi connectivity index (χ2v) is 4.67. The van der Waals surface area contributed by atoms with Crippen LogP contribution in [0, 0.1) is 5.92 Å². The molecular formula is C14H19NO2. The van der Waals surface area contributed by atoms with Gasteiger partial charge in [-0.15, -0.1) is 0 Å². The van der Waals surface area contributed by atoms with E-state index in [9.17, 15) is 4.79 Å². The molecule has 3 heteroatoms. The summed E-state index contributed by atoms with van der Waals surface area (Å²) >= 11 is 0. The Morgan fingerprint density at radius 1 is 1.24 bits per heavy atom. The predicted octanol–water partition coefficient (Wildman–Crippen LogP) is 1.46. The molecule has 0 saturated carbocycles. The molecule has 0 unspecified atom stereocenters. The summed E-state index contributed by atoms with van der Waals surface area (Å²) in [5, 5.41) is 9.05. The molecule has 1 aliphatic rings. The maximum Gasteiger partial charge on any atom is 0.226 e. The Morgan fingerprint density at radius 2 is 1.88 bits per heavy atom. The molecule has 1 fully saturated rings. The zero-order chi connectivity index (χ0) is 12.1. The molecule has 0 aliphatic carbocycles. The van der Waals surface area contributed by atoms with Crippen molar-refractivity contribution in [1.82, 2.24) is 4.90 Å². The molecule has 1 aromatic rings. The van der Waals surface area contributed by atoms with Crippen LogP contribution in [0.1, 0.15) is 18.4 Å². The molecule has 1 amide bonds. The largest absolute Gasteiger partial charge is 0.396 e. The summed E-state index contributed by atoms with van der Waals surface area (Å²) in [5.41, 5.74) is 1.07. The maximum absolute atomic E-state index is 12.0. The van der Waals surface area contributed by atoms with E-state index in [1.165, 1.54) is 0 Å². The molecular weight excluding hydrogens is 214 g/mol. The first kappa shape index (κ1) is 12.1. The van der Waals surface area contributed by atoms with Gasteiger partial charge < -0.3 is 10.0 Å². The molecule has 0 aromatic heterocycles. The third-order valence-electron chi connectivity index (χ3n) is 3.42. The van der Waals surface area contributed by atoms with Gasteiger partial charge in [0.15, 0.2) is 0 Å². The van der Waals surface area contributed by atoms with Gasteiger partial charge in [0, 0.05) is 19.7 Å². The molecule has 1 aromatic carbocycles. The molecule has 0 atom stereocenters. The van der Waals surface area contributed by atoms with Crippen molar-refractivity contribution < 1.29 is 9.90 Å². The standard InChI is InChI=1S/C14H19NO2/c16-11-13-6-8-15(9-7-13)14(17)10-12-4-2-1-3-5-12/h1-5,13,16H,6-11H2. The van der Waals surface area contributed by atoms with Crippen molar-refractivity contribution in [3.05, 3.63) is 35.9 Å². The lowest BCUT2D eigenvalue weighted by Gasteiger charge is -2.31. The van der Waals surface area contributed by atoms with Crippen LogP contribution in [0.15, 0.2) is 30.3 Å². The van der Waals surface area contributed by atoms with Gasteiger partial charge in [-0.05, 0) is 24.3 Å². The van der Waals surface area contributed by atoms with Crippen LogP contribution in [0.3, 0.4) is 0 Å². The number of carbonyl (C=O) groups is 1. The molecule has 3 nitrogen and oxygen atoms in total. The number of rotatable bonds is 3. The van der Waals surface area contributed by atoms with E-state index in [1.807, 2.05) is 35.2 Å². The molecule has 0 spiro atoms. The first-order valence-electron chi connectivity index (χ1n) is 6.22. The van der Waals surface area contributed by atoms with Crippen LogP contribution in [0.25, 0.3) is 0 Å². The Kier molecular flexibility index (Phi) is 4.15. The minimum atomic E-state index is 0.201. The summed E-state index contributed by atoms with van der Waals surface area (Å²) in [5.74, 6) is 0.586. The van der Waals surface area contributed by atoms with Crippen LogP contribution in [-0.4, -0.2) is 35.6 Å². The van der Waals surface area contributed by atoms with E-state index >= 15 is 0 Å². The van der Waals surface area contributed by atoms with E-state index in [1.54, 1.807) is 0 Å². The number of carbonyl (C=O) groups excluding carboxylic acids is 1. The van der Waals surface area contributed by atoms with Crippen LogP contribution in [-0.2, 0) is 11.2 Å². The van der Waals surface area contributed by atoms with Crippen molar-refractivity contribution in [3.63, 3.8) is 0 Å². The van der Waals surface area contributed by atoms with Crippen molar-refractivity contribution in [2.75, 3.05) is 19.7 Å². The van der Waals surface area contributed by atoms with E-state index in [4.69, 9.17) is 5.11 Å². The number of amides is 1. The quantitative estimate of drug-likeness (QED) is 0.858. The molecule has 1 N–H and O–H groups in total. The number of aliphatic hydroxyl groups is 1. The number of hydrogen-bond donors (Lipinski definition) is 1. The summed E-state index contributed by atoms with van der Waals surface area (Å²) in [6.07, 6.45) is 2.35. The van der Waals surface area contributed by atoms with Crippen LogP contribution >= 0.6 is 0 Å². The highest BCUT2D eigenvalue weighted by Gasteiger charge is 2.21. The fraction of sp³-hybridized carbons (Fsp3) is 0.500. The van der Waals surface area contributed by atoms with Gasteiger partial charge >= 0.3 is 0 Å². The van der Waals surface area contributed by atoms with Gasteiger partial charge in [-0.1, -0.05) is 30.3 Å². The molecule has 92 valence electrons. The SMILES string of the molecule is O=C(Cc1ccccc1)N1CCC(CO)CC1. The normalized spacial score (nSPS) is 17.1. The zero-order valence-electron chi connectivity index (χ0n) is 10.0. The van der Waals surface area contributed by atoms with Crippen molar-refractivity contribution in [2.45, 2.75) is 19.3 Å².